The van der Waals surface area contributed by atoms with Crippen molar-refractivity contribution in [1.29, 1.82) is 5.26 Å². The molecule has 4 unspecified atom stereocenters. The maximum absolute atomic E-state index is 12.9. The number of carbonyl (C=O) groups excluding carboxylic acids is 1. The fourth-order valence-corrected chi connectivity index (χ4v) is 4.40. The van der Waals surface area contributed by atoms with Crippen molar-refractivity contribution in [2.45, 2.75) is 51.2 Å². The number of nitriles is 1. The van der Waals surface area contributed by atoms with Crippen LogP contribution in [0, 0.1) is 31.1 Å². The summed E-state index contributed by atoms with van der Waals surface area (Å²) in [6, 6.07) is 6.80. The Morgan fingerprint density at radius 3 is 2.80 bits per heavy atom. The molecular formula is C23H26N6O. The van der Waals surface area contributed by atoms with Crippen molar-refractivity contribution in [1.82, 2.24) is 26.1 Å². The third-order valence-electron chi connectivity index (χ3n) is 6.31. The summed E-state index contributed by atoms with van der Waals surface area (Å²) < 4.78 is 0. The van der Waals surface area contributed by atoms with Gasteiger partial charge in [-0.15, -0.1) is 0 Å². The number of rotatable bonds is 4. The maximum atomic E-state index is 12.9. The zero-order valence-electron chi connectivity index (χ0n) is 17.2. The Hall–Kier alpha value is -3.08. The number of hydrazine groups is 1. The number of pyridine rings is 2. The molecule has 0 aromatic carbocycles. The normalized spacial score (nSPS) is 25.6. The van der Waals surface area contributed by atoms with Gasteiger partial charge in [0.25, 0.3) is 5.91 Å². The summed E-state index contributed by atoms with van der Waals surface area (Å²) in [7, 11) is 0. The predicted molar refractivity (Wildman–Crippen MR) is 114 cm³/mol. The smallest absolute Gasteiger partial charge is 0.270 e. The quantitative estimate of drug-likeness (QED) is 0.726. The number of fused-ring (bicyclic) bond motifs is 1. The highest BCUT2D eigenvalue weighted by atomic mass is 16.1. The van der Waals surface area contributed by atoms with Gasteiger partial charge in [0.15, 0.2) is 0 Å². The van der Waals surface area contributed by atoms with Crippen molar-refractivity contribution in [2.24, 2.45) is 5.92 Å². The van der Waals surface area contributed by atoms with Crippen LogP contribution >= 0.6 is 0 Å². The Bertz CT molecular complexity index is 997. The molecule has 4 rings (SSSR count). The second-order valence-corrected chi connectivity index (χ2v) is 8.09. The van der Waals surface area contributed by atoms with Gasteiger partial charge in [-0.1, -0.05) is 12.2 Å². The van der Waals surface area contributed by atoms with Gasteiger partial charge in [-0.05, 0) is 67.9 Å². The molecule has 2 aliphatic rings. The first-order valence-electron chi connectivity index (χ1n) is 10.3. The fourth-order valence-electron chi connectivity index (χ4n) is 4.40. The first kappa shape index (κ1) is 20.2. The van der Waals surface area contributed by atoms with Crippen molar-refractivity contribution in [2.75, 3.05) is 0 Å². The van der Waals surface area contributed by atoms with E-state index in [4.69, 9.17) is 5.26 Å². The Balaban J connectivity index is 1.42. The standard InChI is InChI=1S/C23H26N6O/c1-14-15(2)22(26-13-17(14)12-24)23(30)27-18-4-6-21-19(11-18)20(28-29-21)5-3-16-7-9-25-10-8-16/h3,5,7-10,13,18-21,28-29H,4,6,11H2,1-2H3,(H,27,30)/b5-3+. The third kappa shape index (κ3) is 4.11. The molecule has 2 aromatic heterocycles. The molecule has 1 saturated carbocycles. The van der Waals surface area contributed by atoms with Crippen LogP contribution in [0.3, 0.4) is 0 Å². The lowest BCUT2D eigenvalue weighted by Crippen LogP contribution is -2.45. The first-order chi connectivity index (χ1) is 14.6. The Morgan fingerprint density at radius 2 is 2.03 bits per heavy atom. The largest absolute Gasteiger partial charge is 0.348 e. The summed E-state index contributed by atoms with van der Waals surface area (Å²) in [5.41, 5.74) is 10.4. The van der Waals surface area contributed by atoms with Gasteiger partial charge in [-0.25, -0.2) is 4.98 Å². The topological polar surface area (TPSA) is 103 Å². The van der Waals surface area contributed by atoms with Gasteiger partial charge >= 0.3 is 0 Å². The summed E-state index contributed by atoms with van der Waals surface area (Å²) in [6.07, 6.45) is 12.2. The molecule has 0 bridgehead atoms. The SMILES string of the molecule is Cc1c(C#N)cnc(C(=O)NC2CCC3NNC(/C=C/c4ccncc4)C3C2)c1C. The van der Waals surface area contributed by atoms with Gasteiger partial charge < -0.3 is 5.32 Å². The van der Waals surface area contributed by atoms with Crippen molar-refractivity contribution >= 4 is 12.0 Å². The van der Waals surface area contributed by atoms with Crippen molar-refractivity contribution < 1.29 is 4.79 Å². The summed E-state index contributed by atoms with van der Waals surface area (Å²) in [5.74, 6) is 0.241. The molecule has 1 amide bonds. The second-order valence-electron chi connectivity index (χ2n) is 8.09. The van der Waals surface area contributed by atoms with Crippen LogP contribution in [0.5, 0.6) is 0 Å². The first-order valence-corrected chi connectivity index (χ1v) is 10.3. The summed E-state index contributed by atoms with van der Waals surface area (Å²) in [6.45, 7) is 3.70. The number of nitrogens with zero attached hydrogens (tertiary/aromatic N) is 3. The molecule has 30 heavy (non-hydrogen) atoms. The van der Waals surface area contributed by atoms with Crippen LogP contribution in [-0.2, 0) is 0 Å². The van der Waals surface area contributed by atoms with E-state index >= 15 is 0 Å². The highest BCUT2D eigenvalue weighted by molar-refractivity contribution is 5.94. The van der Waals surface area contributed by atoms with Crippen LogP contribution in [0.4, 0.5) is 0 Å². The lowest BCUT2D eigenvalue weighted by molar-refractivity contribution is 0.0910. The molecule has 7 nitrogen and oxygen atoms in total. The van der Waals surface area contributed by atoms with Gasteiger partial charge in [-0.2, -0.15) is 5.26 Å². The Kier molecular flexibility index (Phi) is 5.88. The minimum absolute atomic E-state index is 0.106. The predicted octanol–water partition coefficient (Wildman–Crippen LogP) is 2.42. The molecule has 1 aliphatic carbocycles. The van der Waals surface area contributed by atoms with E-state index in [0.29, 0.717) is 23.2 Å². The molecule has 4 atom stereocenters. The highest BCUT2D eigenvalue weighted by Gasteiger charge is 2.39. The molecule has 2 fully saturated rings. The molecule has 154 valence electrons. The Labute approximate surface area is 176 Å². The molecule has 1 aliphatic heterocycles. The van der Waals surface area contributed by atoms with Crippen LogP contribution in [0.15, 0.2) is 36.8 Å². The highest BCUT2D eigenvalue weighted by Crippen LogP contribution is 2.31. The van der Waals surface area contributed by atoms with E-state index < -0.39 is 0 Å². The molecule has 0 spiro atoms. The molecule has 0 radical (unpaired) electrons. The lowest BCUT2D eigenvalue weighted by atomic mass is 9.79. The van der Waals surface area contributed by atoms with Crippen LogP contribution in [0.2, 0.25) is 0 Å². The average molecular weight is 403 g/mol. The van der Waals surface area contributed by atoms with E-state index in [1.54, 1.807) is 12.4 Å². The molecule has 3 N–H and O–H groups in total. The van der Waals surface area contributed by atoms with Crippen LogP contribution in [0.1, 0.15) is 52.0 Å². The van der Waals surface area contributed by atoms with Crippen molar-refractivity contribution in [3.8, 4) is 6.07 Å². The number of amides is 1. The van der Waals surface area contributed by atoms with E-state index in [1.165, 1.54) is 6.20 Å². The Morgan fingerprint density at radius 1 is 1.23 bits per heavy atom. The van der Waals surface area contributed by atoms with Gasteiger partial charge in [0, 0.05) is 36.7 Å². The summed E-state index contributed by atoms with van der Waals surface area (Å²) >= 11 is 0. The fraction of sp³-hybridized carbons (Fsp3) is 0.391. The number of hydrogen-bond donors (Lipinski definition) is 3. The zero-order valence-corrected chi connectivity index (χ0v) is 17.2. The van der Waals surface area contributed by atoms with E-state index in [0.717, 1.165) is 36.0 Å². The van der Waals surface area contributed by atoms with Crippen molar-refractivity contribution in [3.63, 3.8) is 0 Å². The number of nitrogens with one attached hydrogen (secondary N) is 3. The maximum Gasteiger partial charge on any atom is 0.270 e. The van der Waals surface area contributed by atoms with E-state index in [2.05, 4.69) is 44.4 Å². The molecule has 3 heterocycles. The summed E-state index contributed by atoms with van der Waals surface area (Å²) in [5, 5.41) is 12.3. The van der Waals surface area contributed by atoms with E-state index in [1.807, 2.05) is 26.0 Å². The minimum Gasteiger partial charge on any atom is -0.348 e. The number of aromatic nitrogens is 2. The zero-order chi connectivity index (χ0) is 21.1. The van der Waals surface area contributed by atoms with Gasteiger partial charge in [0.2, 0.25) is 0 Å². The molecular weight excluding hydrogens is 376 g/mol. The van der Waals surface area contributed by atoms with Crippen LogP contribution in [-0.4, -0.2) is 34.0 Å². The van der Waals surface area contributed by atoms with E-state index in [9.17, 15) is 4.79 Å². The lowest BCUT2D eigenvalue weighted by Gasteiger charge is -2.33. The third-order valence-corrected chi connectivity index (χ3v) is 6.31. The number of carbonyl (C=O) groups is 1. The molecule has 2 aromatic rings. The second kappa shape index (κ2) is 8.74. The van der Waals surface area contributed by atoms with Gasteiger partial charge in [-0.3, -0.25) is 20.6 Å². The molecule has 1 saturated heterocycles. The van der Waals surface area contributed by atoms with E-state index in [-0.39, 0.29) is 18.0 Å². The molecule has 7 heteroatoms. The van der Waals surface area contributed by atoms with Crippen LogP contribution in [0.25, 0.3) is 6.08 Å². The van der Waals surface area contributed by atoms with Gasteiger partial charge in [0.1, 0.15) is 11.8 Å². The van der Waals surface area contributed by atoms with Crippen LogP contribution < -0.4 is 16.2 Å². The number of hydrogen-bond acceptors (Lipinski definition) is 6. The average Bonchev–Trinajstić information content (AvgIpc) is 3.17. The van der Waals surface area contributed by atoms with Gasteiger partial charge in [0.05, 0.1) is 5.56 Å². The summed E-state index contributed by atoms with van der Waals surface area (Å²) in [4.78, 5) is 21.2. The minimum atomic E-state index is -0.161. The monoisotopic (exact) mass is 402 g/mol. The van der Waals surface area contributed by atoms with Crippen molar-refractivity contribution in [3.05, 3.63) is 64.7 Å².